The van der Waals surface area contributed by atoms with Crippen molar-refractivity contribution in [3.05, 3.63) is 58.3 Å². The van der Waals surface area contributed by atoms with Crippen molar-refractivity contribution < 1.29 is 27.2 Å². The second-order valence-electron chi connectivity index (χ2n) is 7.22. The fourth-order valence-corrected chi connectivity index (χ4v) is 5.69. The van der Waals surface area contributed by atoms with Crippen molar-refractivity contribution in [1.29, 1.82) is 0 Å². The maximum Gasteiger partial charge on any atom is 0.342 e. The minimum Gasteiger partial charge on any atom is -0.465 e. The lowest BCUT2D eigenvalue weighted by Crippen LogP contribution is -2.36. The number of benzene rings is 2. The van der Waals surface area contributed by atoms with Gasteiger partial charge in [-0.05, 0) is 57.0 Å². The Bertz CT molecular complexity index is 1260. The molecule has 0 bridgehead atoms. The van der Waals surface area contributed by atoms with Crippen LogP contribution < -0.4 is 4.31 Å². The first kappa shape index (κ1) is 21.6. The molecule has 1 heterocycles. The normalized spacial score (nSPS) is 11.5. The van der Waals surface area contributed by atoms with E-state index in [1.165, 1.54) is 32.2 Å². The maximum absolute atomic E-state index is 13.5. The van der Waals surface area contributed by atoms with E-state index in [0.29, 0.717) is 27.9 Å². The van der Waals surface area contributed by atoms with Crippen molar-refractivity contribution in [2.24, 2.45) is 0 Å². The molecule has 0 atom stereocenters. The number of nitrogens with zero attached hydrogens (tertiary/aromatic N) is 1. The van der Waals surface area contributed by atoms with Gasteiger partial charge in [0.15, 0.2) is 0 Å². The van der Waals surface area contributed by atoms with Crippen molar-refractivity contribution in [1.82, 2.24) is 0 Å². The third-order valence-corrected chi connectivity index (χ3v) is 6.97. The van der Waals surface area contributed by atoms with Crippen LogP contribution in [0.5, 0.6) is 0 Å². The number of hydrogen-bond donors (Lipinski definition) is 0. The van der Waals surface area contributed by atoms with Crippen LogP contribution in [0.4, 0.5) is 5.69 Å². The highest BCUT2D eigenvalue weighted by molar-refractivity contribution is 7.93. The van der Waals surface area contributed by atoms with E-state index in [2.05, 4.69) is 0 Å². The third kappa shape index (κ3) is 3.47. The highest BCUT2D eigenvalue weighted by Crippen LogP contribution is 2.34. The van der Waals surface area contributed by atoms with Crippen LogP contribution in [-0.4, -0.2) is 27.4 Å². The number of aryl methyl sites for hydroxylation is 4. The van der Waals surface area contributed by atoms with E-state index in [4.69, 9.17) is 9.15 Å². The molecule has 0 saturated carbocycles. The number of rotatable bonds is 4. The largest absolute Gasteiger partial charge is 0.465 e. The van der Waals surface area contributed by atoms with E-state index in [-0.39, 0.29) is 16.1 Å². The Kier molecular flexibility index (Phi) is 5.47. The second-order valence-corrected chi connectivity index (χ2v) is 8.95. The minimum absolute atomic E-state index is 0.0833. The summed E-state index contributed by atoms with van der Waals surface area (Å²) in [7, 11) is -2.95. The molecule has 0 spiro atoms. The zero-order valence-corrected chi connectivity index (χ0v) is 18.5. The molecular formula is C22H23NO6S. The van der Waals surface area contributed by atoms with Gasteiger partial charge in [0.05, 0.1) is 17.7 Å². The molecule has 7 nitrogen and oxygen atoms in total. The van der Waals surface area contributed by atoms with Gasteiger partial charge in [-0.25, -0.2) is 17.5 Å². The van der Waals surface area contributed by atoms with E-state index < -0.39 is 21.9 Å². The number of ether oxygens (including phenoxy) is 1. The van der Waals surface area contributed by atoms with Gasteiger partial charge in [-0.2, -0.15) is 0 Å². The van der Waals surface area contributed by atoms with Crippen LogP contribution in [0.1, 0.15) is 39.7 Å². The topological polar surface area (TPSA) is 93.9 Å². The zero-order chi connectivity index (χ0) is 22.4. The second kappa shape index (κ2) is 7.60. The summed E-state index contributed by atoms with van der Waals surface area (Å²) in [6.45, 7) is 8.07. The van der Waals surface area contributed by atoms with Gasteiger partial charge in [0.2, 0.25) is 5.91 Å². The molecule has 0 N–H and O–H groups in total. The Balaban J connectivity index is 2.27. The van der Waals surface area contributed by atoms with Crippen LogP contribution in [0.15, 0.2) is 39.6 Å². The summed E-state index contributed by atoms with van der Waals surface area (Å²) < 4.78 is 38.2. The van der Waals surface area contributed by atoms with Crippen LogP contribution in [0.3, 0.4) is 0 Å². The molecule has 1 aromatic heterocycles. The van der Waals surface area contributed by atoms with E-state index in [1.807, 2.05) is 6.92 Å². The SMILES string of the molecule is COC(=O)c1c(C)oc2ccc(N(C(C)=O)S(=O)(=O)c3c(C)cc(C)cc3C)cc12. The average Bonchev–Trinajstić information content (AvgIpc) is 2.94. The monoisotopic (exact) mass is 429 g/mol. The van der Waals surface area contributed by atoms with Gasteiger partial charge < -0.3 is 9.15 Å². The van der Waals surface area contributed by atoms with Gasteiger partial charge in [-0.15, -0.1) is 0 Å². The van der Waals surface area contributed by atoms with Crippen molar-refractivity contribution >= 4 is 38.6 Å². The fourth-order valence-electron chi connectivity index (χ4n) is 3.84. The quantitative estimate of drug-likeness (QED) is 0.577. The van der Waals surface area contributed by atoms with E-state index in [0.717, 1.165) is 9.87 Å². The number of amides is 1. The lowest BCUT2D eigenvalue weighted by Gasteiger charge is -2.23. The van der Waals surface area contributed by atoms with Crippen molar-refractivity contribution in [3.63, 3.8) is 0 Å². The Morgan fingerprint density at radius 1 is 1.00 bits per heavy atom. The van der Waals surface area contributed by atoms with Gasteiger partial charge in [-0.1, -0.05) is 17.7 Å². The molecule has 0 fully saturated rings. The third-order valence-electron chi connectivity index (χ3n) is 4.86. The number of anilines is 1. The van der Waals surface area contributed by atoms with E-state index in [1.54, 1.807) is 32.9 Å². The molecule has 3 aromatic rings. The zero-order valence-electron chi connectivity index (χ0n) is 17.7. The molecule has 0 saturated heterocycles. The summed E-state index contributed by atoms with van der Waals surface area (Å²) in [5.74, 6) is -0.934. The average molecular weight is 429 g/mol. The molecule has 1 amide bonds. The van der Waals surface area contributed by atoms with Crippen molar-refractivity contribution in [2.75, 3.05) is 11.4 Å². The summed E-state index contributed by atoms with van der Waals surface area (Å²) >= 11 is 0. The minimum atomic E-state index is -4.19. The Labute approximate surface area is 175 Å². The highest BCUT2D eigenvalue weighted by atomic mass is 32.2. The first-order valence-corrected chi connectivity index (χ1v) is 10.7. The Morgan fingerprint density at radius 3 is 2.13 bits per heavy atom. The number of methoxy groups -OCH3 is 1. The summed E-state index contributed by atoms with van der Waals surface area (Å²) in [5, 5.41) is 0.371. The van der Waals surface area contributed by atoms with Gasteiger partial charge in [-0.3, -0.25) is 4.79 Å². The molecule has 3 rings (SSSR count). The first-order valence-electron chi connectivity index (χ1n) is 9.24. The number of esters is 1. The predicted molar refractivity (Wildman–Crippen MR) is 113 cm³/mol. The van der Waals surface area contributed by atoms with E-state index >= 15 is 0 Å². The molecule has 8 heteroatoms. The lowest BCUT2D eigenvalue weighted by atomic mass is 10.1. The molecule has 0 aliphatic heterocycles. The van der Waals surface area contributed by atoms with Crippen LogP contribution in [0.2, 0.25) is 0 Å². The van der Waals surface area contributed by atoms with Crippen LogP contribution in [0.25, 0.3) is 11.0 Å². The summed E-state index contributed by atoms with van der Waals surface area (Å²) in [4.78, 5) is 24.8. The number of furan rings is 1. The summed E-state index contributed by atoms with van der Waals surface area (Å²) in [5.41, 5.74) is 2.72. The number of carbonyl (C=O) groups excluding carboxylic acids is 2. The number of fused-ring (bicyclic) bond motifs is 1. The summed E-state index contributed by atoms with van der Waals surface area (Å²) in [6, 6.07) is 7.98. The van der Waals surface area contributed by atoms with Gasteiger partial charge in [0.25, 0.3) is 10.0 Å². The van der Waals surface area contributed by atoms with Crippen LogP contribution in [0, 0.1) is 27.7 Å². The molecule has 158 valence electrons. The van der Waals surface area contributed by atoms with Gasteiger partial charge in [0.1, 0.15) is 16.9 Å². The molecule has 0 aliphatic carbocycles. The molecule has 30 heavy (non-hydrogen) atoms. The Morgan fingerprint density at radius 2 is 1.60 bits per heavy atom. The summed E-state index contributed by atoms with van der Waals surface area (Å²) in [6.07, 6.45) is 0. The fraction of sp³-hybridized carbons (Fsp3) is 0.273. The molecule has 0 unspecified atom stereocenters. The smallest absolute Gasteiger partial charge is 0.342 e. The highest BCUT2D eigenvalue weighted by Gasteiger charge is 2.32. The number of carbonyl (C=O) groups is 2. The van der Waals surface area contributed by atoms with E-state index in [9.17, 15) is 18.0 Å². The number of hydrogen-bond acceptors (Lipinski definition) is 6. The van der Waals surface area contributed by atoms with Crippen LogP contribution in [-0.2, 0) is 19.6 Å². The molecule has 0 aliphatic rings. The lowest BCUT2D eigenvalue weighted by molar-refractivity contribution is -0.115. The predicted octanol–water partition coefficient (Wildman–Crippen LogP) is 4.19. The molecular weight excluding hydrogens is 406 g/mol. The maximum atomic E-state index is 13.5. The van der Waals surface area contributed by atoms with Crippen molar-refractivity contribution in [3.8, 4) is 0 Å². The van der Waals surface area contributed by atoms with Crippen LogP contribution >= 0.6 is 0 Å². The Hall–Kier alpha value is -3.13. The van der Waals surface area contributed by atoms with Gasteiger partial charge >= 0.3 is 5.97 Å². The first-order chi connectivity index (χ1) is 14.0. The number of sulfonamides is 1. The molecule has 0 radical (unpaired) electrons. The van der Waals surface area contributed by atoms with Gasteiger partial charge in [0, 0.05) is 12.3 Å². The standard InChI is InChI=1S/C22H23NO6S/c1-12-9-13(2)21(14(3)10-12)30(26,27)23(16(5)24)17-7-8-19-18(11-17)20(15(4)29-19)22(25)28-6/h7-11H,1-6H3. The molecule has 2 aromatic carbocycles. The van der Waals surface area contributed by atoms with Crippen molar-refractivity contribution in [2.45, 2.75) is 39.5 Å².